The summed E-state index contributed by atoms with van der Waals surface area (Å²) in [5, 5.41) is 2.85. The normalized spacial score (nSPS) is 9.18. The van der Waals surface area contributed by atoms with E-state index in [2.05, 4.69) is 10.0 Å². The summed E-state index contributed by atoms with van der Waals surface area (Å²) in [6, 6.07) is 9.21. The Balaban J connectivity index is 2.26. The minimum Gasteiger partial charge on any atom is -0.461 e. The van der Waals surface area contributed by atoms with Crippen molar-refractivity contribution < 1.29 is 14.3 Å². The lowest BCUT2D eigenvalue weighted by Crippen LogP contribution is -2.06. The standard InChI is InChI=1S/C11H11N3O3/c12-14-13-10(15)6-7-11(16)17-8-9-4-2-1-3-5-9/h1-5H,6-8H2. The largest absolute Gasteiger partial charge is 0.461 e. The molecule has 0 aliphatic heterocycles. The SMILES string of the molecule is [N-]=[N+]=NC(=O)CCC(=O)OCc1ccccc1. The van der Waals surface area contributed by atoms with Crippen LogP contribution in [0.5, 0.6) is 0 Å². The number of carbonyl (C=O) groups is 2. The molecule has 6 heteroatoms. The zero-order valence-corrected chi connectivity index (χ0v) is 9.07. The third-order valence-corrected chi connectivity index (χ3v) is 1.94. The van der Waals surface area contributed by atoms with E-state index in [1.165, 1.54) is 0 Å². The van der Waals surface area contributed by atoms with Crippen molar-refractivity contribution in [2.45, 2.75) is 19.4 Å². The van der Waals surface area contributed by atoms with Gasteiger partial charge in [0.05, 0.1) is 6.42 Å². The number of carbonyl (C=O) groups excluding carboxylic acids is 2. The van der Waals surface area contributed by atoms with Crippen LogP contribution in [-0.2, 0) is 20.9 Å². The Labute approximate surface area is 97.8 Å². The Morgan fingerprint density at radius 1 is 1.24 bits per heavy atom. The molecule has 1 aromatic rings. The molecule has 1 rings (SSSR count). The minimum atomic E-state index is -0.663. The van der Waals surface area contributed by atoms with Gasteiger partial charge >= 0.3 is 5.97 Å². The molecular weight excluding hydrogens is 222 g/mol. The Kier molecular flexibility index (Phi) is 5.27. The van der Waals surface area contributed by atoms with Crippen molar-refractivity contribution in [1.82, 2.24) is 0 Å². The molecule has 1 amide bonds. The van der Waals surface area contributed by atoms with Crippen LogP contribution in [0.1, 0.15) is 18.4 Å². The van der Waals surface area contributed by atoms with Gasteiger partial charge in [0.25, 0.3) is 0 Å². The van der Waals surface area contributed by atoms with Gasteiger partial charge in [-0.25, -0.2) is 0 Å². The molecule has 88 valence electrons. The molecule has 0 atom stereocenters. The molecule has 0 aromatic heterocycles. The Bertz CT molecular complexity index is 439. The highest BCUT2D eigenvalue weighted by atomic mass is 16.5. The van der Waals surface area contributed by atoms with Crippen molar-refractivity contribution >= 4 is 11.9 Å². The smallest absolute Gasteiger partial charge is 0.306 e. The lowest BCUT2D eigenvalue weighted by Gasteiger charge is -2.03. The number of amides is 1. The predicted molar refractivity (Wildman–Crippen MR) is 59.6 cm³/mol. The number of nitrogens with zero attached hydrogens (tertiary/aromatic N) is 3. The summed E-state index contributed by atoms with van der Waals surface area (Å²) in [5.74, 6) is -1.15. The monoisotopic (exact) mass is 233 g/mol. The summed E-state index contributed by atoms with van der Waals surface area (Å²) < 4.78 is 4.93. The van der Waals surface area contributed by atoms with Gasteiger partial charge in [0.1, 0.15) is 6.61 Å². The van der Waals surface area contributed by atoms with Crippen LogP contribution >= 0.6 is 0 Å². The van der Waals surface area contributed by atoms with Crippen LogP contribution in [0.3, 0.4) is 0 Å². The van der Waals surface area contributed by atoms with Gasteiger partial charge in [-0.15, -0.1) is 0 Å². The number of azide groups is 1. The van der Waals surface area contributed by atoms with Gasteiger partial charge < -0.3 is 4.74 Å². The number of hydrogen-bond donors (Lipinski definition) is 0. The molecule has 1 aromatic carbocycles. The first-order chi connectivity index (χ1) is 8.22. The summed E-state index contributed by atoms with van der Waals surface area (Å²) in [5.41, 5.74) is 8.85. The van der Waals surface area contributed by atoms with Gasteiger partial charge in [-0.1, -0.05) is 30.3 Å². The third-order valence-electron chi connectivity index (χ3n) is 1.94. The summed E-state index contributed by atoms with van der Waals surface area (Å²) in [6.45, 7) is 0.176. The number of benzene rings is 1. The Hall–Kier alpha value is -2.33. The lowest BCUT2D eigenvalue weighted by atomic mass is 10.2. The highest BCUT2D eigenvalue weighted by molar-refractivity contribution is 5.81. The molecule has 0 saturated heterocycles. The van der Waals surface area contributed by atoms with Gasteiger partial charge in [-0.2, -0.15) is 0 Å². The van der Waals surface area contributed by atoms with Crippen molar-refractivity contribution in [3.8, 4) is 0 Å². The molecule has 0 fully saturated rings. The van der Waals surface area contributed by atoms with E-state index in [0.717, 1.165) is 5.56 Å². The molecular formula is C11H11N3O3. The van der Waals surface area contributed by atoms with Crippen LogP contribution in [0.25, 0.3) is 10.4 Å². The average molecular weight is 233 g/mol. The number of rotatable bonds is 5. The highest BCUT2D eigenvalue weighted by Crippen LogP contribution is 2.03. The highest BCUT2D eigenvalue weighted by Gasteiger charge is 2.06. The number of esters is 1. The average Bonchev–Trinajstić information content (AvgIpc) is 2.35. The van der Waals surface area contributed by atoms with E-state index in [1.807, 2.05) is 30.3 Å². The third kappa shape index (κ3) is 5.34. The maximum atomic E-state index is 11.2. The van der Waals surface area contributed by atoms with Gasteiger partial charge in [0.15, 0.2) is 0 Å². The Morgan fingerprint density at radius 2 is 1.94 bits per heavy atom. The van der Waals surface area contributed by atoms with E-state index < -0.39 is 11.9 Å². The summed E-state index contributed by atoms with van der Waals surface area (Å²) >= 11 is 0. The van der Waals surface area contributed by atoms with E-state index >= 15 is 0 Å². The van der Waals surface area contributed by atoms with Gasteiger partial charge in [-0.3, -0.25) is 9.59 Å². The lowest BCUT2D eigenvalue weighted by molar-refractivity contribution is -0.146. The summed E-state index contributed by atoms with van der Waals surface area (Å²) in [4.78, 5) is 24.3. The predicted octanol–water partition coefficient (Wildman–Crippen LogP) is 2.35. The van der Waals surface area contributed by atoms with Crippen molar-refractivity contribution in [3.05, 3.63) is 46.3 Å². The van der Waals surface area contributed by atoms with Crippen molar-refractivity contribution in [2.24, 2.45) is 5.11 Å². The molecule has 17 heavy (non-hydrogen) atoms. The van der Waals surface area contributed by atoms with Crippen LogP contribution < -0.4 is 0 Å². The molecule has 0 bridgehead atoms. The van der Waals surface area contributed by atoms with E-state index in [0.29, 0.717) is 0 Å². The van der Waals surface area contributed by atoms with Crippen LogP contribution in [0.4, 0.5) is 0 Å². The molecule has 0 N–H and O–H groups in total. The zero-order chi connectivity index (χ0) is 12.5. The second kappa shape index (κ2) is 7.03. The molecule has 0 saturated carbocycles. The zero-order valence-electron chi connectivity index (χ0n) is 9.07. The fraction of sp³-hybridized carbons (Fsp3) is 0.273. The Morgan fingerprint density at radius 3 is 2.59 bits per heavy atom. The van der Waals surface area contributed by atoms with Crippen LogP contribution in [0.15, 0.2) is 35.4 Å². The summed E-state index contributed by atoms with van der Waals surface area (Å²) in [7, 11) is 0. The first-order valence-electron chi connectivity index (χ1n) is 5.00. The van der Waals surface area contributed by atoms with E-state index in [4.69, 9.17) is 10.3 Å². The topological polar surface area (TPSA) is 92.1 Å². The molecule has 0 unspecified atom stereocenters. The van der Waals surface area contributed by atoms with Crippen molar-refractivity contribution in [2.75, 3.05) is 0 Å². The quantitative estimate of drug-likeness (QED) is 0.338. The fourth-order valence-corrected chi connectivity index (χ4v) is 1.12. The first-order valence-corrected chi connectivity index (χ1v) is 5.00. The molecule has 0 aliphatic rings. The van der Waals surface area contributed by atoms with Crippen LogP contribution in [-0.4, -0.2) is 11.9 Å². The fourth-order valence-electron chi connectivity index (χ4n) is 1.12. The second-order valence-corrected chi connectivity index (χ2v) is 3.23. The number of hydrogen-bond acceptors (Lipinski definition) is 3. The molecule has 0 spiro atoms. The molecule has 0 heterocycles. The molecule has 0 radical (unpaired) electrons. The van der Waals surface area contributed by atoms with E-state index in [9.17, 15) is 9.59 Å². The maximum Gasteiger partial charge on any atom is 0.306 e. The van der Waals surface area contributed by atoms with Gasteiger partial charge in [-0.05, 0) is 16.2 Å². The maximum absolute atomic E-state index is 11.2. The molecule has 6 nitrogen and oxygen atoms in total. The second-order valence-electron chi connectivity index (χ2n) is 3.23. The van der Waals surface area contributed by atoms with Crippen LogP contribution in [0, 0.1) is 0 Å². The molecule has 0 aliphatic carbocycles. The minimum absolute atomic E-state index is 0.0787. The van der Waals surface area contributed by atoms with Crippen molar-refractivity contribution in [3.63, 3.8) is 0 Å². The van der Waals surface area contributed by atoms with Crippen molar-refractivity contribution in [1.29, 1.82) is 0 Å². The summed E-state index contributed by atoms with van der Waals surface area (Å²) in [6.07, 6.45) is -0.206. The van der Waals surface area contributed by atoms with E-state index in [1.54, 1.807) is 0 Å². The number of ether oxygens (including phenoxy) is 1. The van der Waals surface area contributed by atoms with Gasteiger partial charge in [0, 0.05) is 11.3 Å². The van der Waals surface area contributed by atoms with E-state index in [-0.39, 0.29) is 19.4 Å². The first kappa shape index (κ1) is 12.7. The van der Waals surface area contributed by atoms with Gasteiger partial charge in [0.2, 0.25) is 5.91 Å². The van der Waals surface area contributed by atoms with Crippen LogP contribution in [0.2, 0.25) is 0 Å².